The number of anilines is 2. The molecule has 4 rings (SSSR count). The smallest absolute Gasteiger partial charge is 0.273 e. The molecule has 210 valence electrons. The molecule has 4 aromatic rings. The number of aryl methyl sites for hydroxylation is 2. The molecular formula is C28H34N6O4SSi. The molecular weight excluding hydrogens is 544 g/mol. The van der Waals surface area contributed by atoms with Gasteiger partial charge in [-0.15, -0.1) is 0 Å². The van der Waals surface area contributed by atoms with E-state index in [0.29, 0.717) is 29.4 Å². The fourth-order valence-corrected chi connectivity index (χ4v) is 5.81. The minimum absolute atomic E-state index is 0.0231. The molecule has 10 nitrogen and oxygen atoms in total. The summed E-state index contributed by atoms with van der Waals surface area (Å²) in [6.07, 6.45) is 0. The molecule has 0 bridgehead atoms. The van der Waals surface area contributed by atoms with E-state index in [0.717, 1.165) is 15.9 Å². The molecule has 12 heteroatoms. The van der Waals surface area contributed by atoms with Crippen LogP contribution in [-0.2, 0) is 14.8 Å². The number of carbonyl (C=O) groups is 1. The Morgan fingerprint density at radius 2 is 1.62 bits per heavy atom. The standard InChI is InChI=1S/C28H34N6O4SSi/c1-20-17-21(2)30-28(29-20)34(19-38-15-16-40(3,4)5)39(36,37)24-13-11-23(12-14-24)31-27(35)26-18-25(32-33-26)22-9-7-6-8-10-22/h6-14,17-18H,15-16,19H2,1-5H3,(H,31,35)(H,32,33). The van der Waals surface area contributed by atoms with Crippen LogP contribution >= 0.6 is 0 Å². The van der Waals surface area contributed by atoms with Crippen LogP contribution in [0.2, 0.25) is 25.7 Å². The van der Waals surface area contributed by atoms with Gasteiger partial charge in [0.25, 0.3) is 15.9 Å². The molecule has 0 aliphatic rings. The molecule has 0 radical (unpaired) electrons. The quantitative estimate of drug-likeness (QED) is 0.141. The fraction of sp³-hybridized carbons (Fsp3) is 0.286. The number of nitrogens with zero attached hydrogens (tertiary/aromatic N) is 4. The van der Waals surface area contributed by atoms with Crippen molar-refractivity contribution in [3.8, 4) is 11.3 Å². The van der Waals surface area contributed by atoms with Crippen LogP contribution in [0.15, 0.2) is 71.6 Å². The van der Waals surface area contributed by atoms with Gasteiger partial charge in [0.05, 0.1) is 10.6 Å². The Labute approximate surface area is 235 Å². The van der Waals surface area contributed by atoms with E-state index in [1.165, 1.54) is 24.3 Å². The second kappa shape index (κ2) is 12.1. The van der Waals surface area contributed by atoms with E-state index in [1.807, 2.05) is 30.3 Å². The highest BCUT2D eigenvalue weighted by atomic mass is 32.2. The van der Waals surface area contributed by atoms with E-state index in [2.05, 4.69) is 45.1 Å². The van der Waals surface area contributed by atoms with Crippen LogP contribution in [0.3, 0.4) is 0 Å². The number of aromatic amines is 1. The van der Waals surface area contributed by atoms with Gasteiger partial charge in [-0.25, -0.2) is 22.7 Å². The first-order valence-electron chi connectivity index (χ1n) is 12.9. The summed E-state index contributed by atoms with van der Waals surface area (Å²) in [7, 11) is -5.42. The van der Waals surface area contributed by atoms with E-state index in [4.69, 9.17) is 4.74 Å². The summed E-state index contributed by atoms with van der Waals surface area (Å²) >= 11 is 0. The van der Waals surface area contributed by atoms with Crippen molar-refractivity contribution in [2.75, 3.05) is 23.0 Å². The highest BCUT2D eigenvalue weighted by Gasteiger charge is 2.28. The van der Waals surface area contributed by atoms with Crippen molar-refractivity contribution in [1.29, 1.82) is 0 Å². The van der Waals surface area contributed by atoms with Crippen molar-refractivity contribution in [3.05, 3.63) is 83.8 Å². The van der Waals surface area contributed by atoms with Gasteiger partial charge in [0, 0.05) is 37.3 Å². The number of aromatic nitrogens is 4. The van der Waals surface area contributed by atoms with Gasteiger partial charge in [0.15, 0.2) is 0 Å². The summed E-state index contributed by atoms with van der Waals surface area (Å²) in [5, 5.41) is 9.72. The van der Waals surface area contributed by atoms with Crippen molar-refractivity contribution < 1.29 is 17.9 Å². The number of H-pyrrole nitrogens is 1. The van der Waals surface area contributed by atoms with Gasteiger partial charge >= 0.3 is 0 Å². The molecule has 2 heterocycles. The SMILES string of the molecule is Cc1cc(C)nc(N(COCC[Si](C)(C)C)S(=O)(=O)c2ccc(NC(=O)c3cc(-c4ccccc4)n[nH]3)cc2)n1. The van der Waals surface area contributed by atoms with Gasteiger partial charge in [-0.1, -0.05) is 50.0 Å². The number of hydrogen-bond acceptors (Lipinski definition) is 7. The fourth-order valence-electron chi connectivity index (χ4n) is 3.81. The molecule has 0 atom stereocenters. The van der Waals surface area contributed by atoms with Crippen molar-refractivity contribution in [3.63, 3.8) is 0 Å². The first-order chi connectivity index (χ1) is 18.9. The molecule has 0 spiro atoms. The Kier molecular flexibility index (Phi) is 8.81. The molecule has 1 amide bonds. The average Bonchev–Trinajstić information content (AvgIpc) is 3.39. The van der Waals surface area contributed by atoms with Gasteiger partial charge in [-0.2, -0.15) is 5.10 Å². The predicted molar refractivity (Wildman–Crippen MR) is 159 cm³/mol. The summed E-state index contributed by atoms with van der Waals surface area (Å²) in [5.41, 5.74) is 3.54. The summed E-state index contributed by atoms with van der Waals surface area (Å²) in [5.74, 6) is -0.345. The van der Waals surface area contributed by atoms with Crippen LogP contribution in [-0.4, -0.2) is 55.9 Å². The zero-order chi connectivity index (χ0) is 28.9. The Bertz CT molecular complexity index is 1550. The number of carbonyl (C=O) groups excluding carboxylic acids is 1. The first-order valence-corrected chi connectivity index (χ1v) is 18.0. The lowest BCUT2D eigenvalue weighted by Gasteiger charge is -2.24. The zero-order valence-electron chi connectivity index (χ0n) is 23.3. The summed E-state index contributed by atoms with van der Waals surface area (Å²) < 4.78 is 34.3. The minimum Gasteiger partial charge on any atom is -0.360 e. The average molecular weight is 579 g/mol. The maximum atomic E-state index is 13.7. The van der Waals surface area contributed by atoms with Gasteiger partial charge in [-0.3, -0.25) is 9.89 Å². The molecule has 0 unspecified atom stereocenters. The number of nitrogens with one attached hydrogen (secondary N) is 2. The molecule has 0 saturated heterocycles. The Balaban J connectivity index is 1.51. The van der Waals surface area contributed by atoms with Gasteiger partial charge in [0.2, 0.25) is 5.95 Å². The lowest BCUT2D eigenvalue weighted by atomic mass is 10.1. The van der Waals surface area contributed by atoms with Crippen molar-refractivity contribution >= 4 is 35.6 Å². The highest BCUT2D eigenvalue weighted by Crippen LogP contribution is 2.24. The summed E-state index contributed by atoms with van der Waals surface area (Å²) in [6, 6.07) is 19.8. The number of ether oxygens (including phenoxy) is 1. The van der Waals surface area contributed by atoms with Crippen LogP contribution < -0.4 is 9.62 Å². The molecule has 0 saturated carbocycles. The molecule has 0 aliphatic carbocycles. The van der Waals surface area contributed by atoms with Crippen LogP contribution in [0.5, 0.6) is 0 Å². The number of sulfonamides is 1. The molecule has 2 aromatic heterocycles. The van der Waals surface area contributed by atoms with E-state index in [-0.39, 0.29) is 23.3 Å². The van der Waals surface area contributed by atoms with Crippen molar-refractivity contribution in [1.82, 2.24) is 20.2 Å². The third-order valence-electron chi connectivity index (χ3n) is 5.99. The van der Waals surface area contributed by atoms with Crippen molar-refractivity contribution in [2.45, 2.75) is 44.4 Å². The van der Waals surface area contributed by atoms with E-state index >= 15 is 0 Å². The maximum absolute atomic E-state index is 13.7. The minimum atomic E-state index is -4.06. The number of benzene rings is 2. The maximum Gasteiger partial charge on any atom is 0.273 e. The van der Waals surface area contributed by atoms with E-state index < -0.39 is 24.0 Å². The summed E-state index contributed by atoms with van der Waals surface area (Å²) in [4.78, 5) is 21.5. The largest absolute Gasteiger partial charge is 0.360 e. The van der Waals surface area contributed by atoms with Crippen molar-refractivity contribution in [2.24, 2.45) is 0 Å². The summed E-state index contributed by atoms with van der Waals surface area (Å²) in [6.45, 7) is 10.5. The Morgan fingerprint density at radius 3 is 2.25 bits per heavy atom. The highest BCUT2D eigenvalue weighted by molar-refractivity contribution is 7.92. The lowest BCUT2D eigenvalue weighted by Crippen LogP contribution is -2.35. The Morgan fingerprint density at radius 1 is 0.975 bits per heavy atom. The normalized spacial score (nSPS) is 11.8. The monoisotopic (exact) mass is 578 g/mol. The van der Waals surface area contributed by atoms with Crippen LogP contribution in [0, 0.1) is 13.8 Å². The first kappa shape index (κ1) is 29.1. The van der Waals surface area contributed by atoms with Crippen LogP contribution in [0.4, 0.5) is 11.6 Å². The molecule has 0 aliphatic heterocycles. The molecule has 2 aromatic carbocycles. The number of rotatable bonds is 11. The topological polar surface area (TPSA) is 130 Å². The van der Waals surface area contributed by atoms with Crippen LogP contribution in [0.25, 0.3) is 11.3 Å². The van der Waals surface area contributed by atoms with Gasteiger partial charge < -0.3 is 10.1 Å². The molecule has 40 heavy (non-hydrogen) atoms. The predicted octanol–water partition coefficient (Wildman–Crippen LogP) is 5.24. The lowest BCUT2D eigenvalue weighted by molar-refractivity contribution is 0.102. The van der Waals surface area contributed by atoms with Crippen LogP contribution in [0.1, 0.15) is 21.9 Å². The third-order valence-corrected chi connectivity index (χ3v) is 9.41. The third kappa shape index (κ3) is 7.40. The van der Waals surface area contributed by atoms with E-state index in [1.54, 1.807) is 26.0 Å². The number of amides is 1. The van der Waals surface area contributed by atoms with E-state index in [9.17, 15) is 13.2 Å². The number of hydrogen-bond donors (Lipinski definition) is 2. The zero-order valence-corrected chi connectivity index (χ0v) is 25.1. The molecule has 0 fully saturated rings. The second-order valence-electron chi connectivity index (χ2n) is 10.7. The second-order valence-corrected chi connectivity index (χ2v) is 18.1. The molecule has 2 N–H and O–H groups in total. The Hall–Kier alpha value is -3.87. The van der Waals surface area contributed by atoms with Gasteiger partial charge in [0.1, 0.15) is 12.4 Å². The van der Waals surface area contributed by atoms with Gasteiger partial charge in [-0.05, 0) is 56.3 Å².